The van der Waals surface area contributed by atoms with Crippen LogP contribution in [0.4, 0.5) is 0 Å². The zero-order valence-electron chi connectivity index (χ0n) is 21.4. The second-order valence-corrected chi connectivity index (χ2v) is 22.4. The van der Waals surface area contributed by atoms with Crippen molar-refractivity contribution in [2.24, 2.45) is 0 Å². The van der Waals surface area contributed by atoms with E-state index in [0.717, 1.165) is 11.3 Å². The van der Waals surface area contributed by atoms with E-state index in [2.05, 4.69) is 83.1 Å². The largest absolute Gasteiger partial charge is 0.508 e. The molecule has 2 aliphatic heterocycles. The van der Waals surface area contributed by atoms with E-state index in [1.807, 2.05) is 18.2 Å². The fraction of sp³-hybridized carbons (Fsp3) is 0.708. The lowest BCUT2D eigenvalue weighted by Gasteiger charge is -2.44. The monoisotopic (exact) mass is 464 g/mol. The first kappa shape index (κ1) is 24.3. The van der Waals surface area contributed by atoms with Gasteiger partial charge in [-0.05, 0) is 17.7 Å². The van der Waals surface area contributed by atoms with Gasteiger partial charge in [-0.2, -0.15) is 0 Å². The minimum Gasteiger partial charge on any atom is -0.508 e. The first-order valence-electron chi connectivity index (χ1n) is 11.2. The van der Waals surface area contributed by atoms with E-state index in [4.69, 9.17) is 17.7 Å². The van der Waals surface area contributed by atoms with E-state index in [-0.39, 0.29) is 26.1 Å². The molecule has 0 amide bonds. The summed E-state index contributed by atoms with van der Waals surface area (Å²) in [5, 5.41) is -0.777. The predicted octanol–water partition coefficient (Wildman–Crippen LogP) is 7.16. The zero-order valence-corrected chi connectivity index (χ0v) is 23.4. The van der Waals surface area contributed by atoms with Crippen LogP contribution in [-0.4, -0.2) is 23.1 Å². The van der Waals surface area contributed by atoms with Gasteiger partial charge in [0.15, 0.2) is 6.10 Å². The van der Waals surface area contributed by atoms with E-state index in [1.54, 1.807) is 0 Å². The highest BCUT2D eigenvalue weighted by atomic mass is 28.4. The first-order chi connectivity index (χ1) is 13.8. The summed E-state index contributed by atoms with van der Waals surface area (Å²) in [4.78, 5) is 13.1. The number of carbonyl (C=O) groups excluding carboxylic acids is 1. The zero-order chi connectivity index (χ0) is 23.8. The van der Waals surface area contributed by atoms with Crippen LogP contribution in [0.25, 0.3) is 0 Å². The van der Waals surface area contributed by atoms with Gasteiger partial charge in [0.25, 0.3) is 0 Å². The Morgan fingerprint density at radius 2 is 1.10 bits per heavy atom. The standard InChI is InChI=1S/C24H40O5Si2/c1-21(2,3)30(22(4,5)6)26-17-14-13-16(15-18(17)27-30)19-20(25)29-31(28-19,23(7,8)9)24(10,11)12/h13-15,19H,1-12H3. The highest BCUT2D eigenvalue weighted by molar-refractivity contribution is 6.76. The summed E-state index contributed by atoms with van der Waals surface area (Å²) in [6.45, 7) is 25.7. The third-order valence-corrected chi connectivity index (χ3v) is 16.4. The maximum absolute atomic E-state index is 13.1. The number of hydrogen-bond acceptors (Lipinski definition) is 5. The van der Waals surface area contributed by atoms with Crippen LogP contribution in [0.1, 0.15) is 94.8 Å². The fourth-order valence-corrected chi connectivity index (χ4v) is 14.4. The minimum atomic E-state index is -2.87. The van der Waals surface area contributed by atoms with Crippen LogP contribution in [0.2, 0.25) is 20.2 Å². The lowest BCUT2D eigenvalue weighted by atomic mass is 10.1. The molecule has 1 atom stereocenters. The molecule has 2 aliphatic rings. The summed E-state index contributed by atoms with van der Waals surface area (Å²) in [6.07, 6.45) is -0.736. The lowest BCUT2D eigenvalue weighted by Crippen LogP contribution is -2.59. The van der Waals surface area contributed by atoms with E-state index in [0.29, 0.717) is 5.75 Å². The van der Waals surface area contributed by atoms with Crippen LogP contribution in [0, 0.1) is 0 Å². The van der Waals surface area contributed by atoms with Gasteiger partial charge < -0.3 is 17.7 Å². The molecule has 0 bridgehead atoms. The van der Waals surface area contributed by atoms with E-state index in [9.17, 15) is 4.79 Å². The molecule has 0 aromatic heterocycles. The molecular formula is C24H40O5Si2. The molecule has 174 valence electrons. The van der Waals surface area contributed by atoms with Crippen LogP contribution in [0.15, 0.2) is 18.2 Å². The van der Waals surface area contributed by atoms with Crippen molar-refractivity contribution in [3.63, 3.8) is 0 Å². The smallest absolute Gasteiger partial charge is 0.471 e. The second-order valence-electron chi connectivity index (χ2n) is 13.1. The quantitative estimate of drug-likeness (QED) is 0.413. The van der Waals surface area contributed by atoms with Gasteiger partial charge in [0.1, 0.15) is 11.5 Å². The molecule has 1 saturated heterocycles. The Labute approximate surface area is 190 Å². The highest BCUT2D eigenvalue weighted by Crippen LogP contribution is 2.59. The first-order valence-corrected chi connectivity index (χ1v) is 14.8. The van der Waals surface area contributed by atoms with Gasteiger partial charge >= 0.3 is 23.1 Å². The molecule has 1 fully saturated rings. The summed E-state index contributed by atoms with van der Waals surface area (Å²) in [5.41, 5.74) is 0.767. The van der Waals surface area contributed by atoms with Gasteiger partial charge in [-0.15, -0.1) is 0 Å². The van der Waals surface area contributed by atoms with Crippen molar-refractivity contribution in [3.8, 4) is 11.5 Å². The number of fused-ring (bicyclic) bond motifs is 1. The summed E-state index contributed by atoms with van der Waals surface area (Å²) in [5.74, 6) is 1.16. The fourth-order valence-electron chi connectivity index (χ4n) is 5.34. The highest BCUT2D eigenvalue weighted by Gasteiger charge is 2.67. The molecule has 3 rings (SSSR count). The Kier molecular flexibility index (Phi) is 5.37. The van der Waals surface area contributed by atoms with Crippen LogP contribution in [0.3, 0.4) is 0 Å². The summed E-state index contributed by atoms with van der Waals surface area (Å²) < 4.78 is 26.0. The van der Waals surface area contributed by atoms with Crippen LogP contribution < -0.4 is 8.85 Å². The summed E-state index contributed by atoms with van der Waals surface area (Å²) in [7, 11) is -5.53. The van der Waals surface area contributed by atoms with Crippen molar-refractivity contribution in [3.05, 3.63) is 23.8 Å². The van der Waals surface area contributed by atoms with Gasteiger partial charge in [-0.25, -0.2) is 0 Å². The third-order valence-electron chi connectivity index (χ3n) is 6.47. The van der Waals surface area contributed by atoms with Crippen molar-refractivity contribution in [2.75, 3.05) is 0 Å². The molecule has 7 heteroatoms. The van der Waals surface area contributed by atoms with Gasteiger partial charge in [-0.1, -0.05) is 89.2 Å². The Morgan fingerprint density at radius 1 is 0.645 bits per heavy atom. The molecule has 1 aromatic carbocycles. The van der Waals surface area contributed by atoms with E-state index in [1.165, 1.54) is 0 Å². The maximum atomic E-state index is 13.1. The van der Waals surface area contributed by atoms with Crippen LogP contribution in [-0.2, 0) is 13.6 Å². The molecule has 0 saturated carbocycles. The van der Waals surface area contributed by atoms with Gasteiger partial charge in [0.05, 0.1) is 0 Å². The Hall–Kier alpha value is -1.32. The lowest BCUT2D eigenvalue weighted by molar-refractivity contribution is -0.136. The maximum Gasteiger partial charge on any atom is 0.471 e. The number of hydrogen-bond donors (Lipinski definition) is 0. The molecule has 5 nitrogen and oxygen atoms in total. The average Bonchev–Trinajstić information content (AvgIpc) is 3.11. The minimum absolute atomic E-state index is 0.131. The average molecular weight is 465 g/mol. The molecule has 0 N–H and O–H groups in total. The van der Waals surface area contributed by atoms with Crippen molar-refractivity contribution >= 4 is 23.1 Å². The second kappa shape index (κ2) is 6.84. The van der Waals surface area contributed by atoms with Crippen molar-refractivity contribution in [2.45, 2.75) is 109 Å². The van der Waals surface area contributed by atoms with Crippen molar-refractivity contribution in [1.82, 2.24) is 0 Å². The number of carbonyl (C=O) groups is 1. The van der Waals surface area contributed by atoms with Crippen molar-refractivity contribution in [1.29, 1.82) is 0 Å². The molecule has 0 aliphatic carbocycles. The Morgan fingerprint density at radius 3 is 1.52 bits per heavy atom. The van der Waals surface area contributed by atoms with E-state index < -0.39 is 23.2 Å². The predicted molar refractivity (Wildman–Crippen MR) is 128 cm³/mol. The number of benzene rings is 1. The summed E-state index contributed by atoms with van der Waals surface area (Å²) >= 11 is 0. The molecule has 0 spiro atoms. The van der Waals surface area contributed by atoms with Crippen molar-refractivity contribution < 1.29 is 22.5 Å². The van der Waals surface area contributed by atoms with Crippen LogP contribution >= 0.6 is 0 Å². The SMILES string of the molecule is CC(C)(C)[Si]1(C(C)(C)C)Oc2ccc(C3O[Si](C(C)(C)C)(C(C)(C)C)OC3=O)cc2O1. The molecule has 2 heterocycles. The van der Waals surface area contributed by atoms with E-state index >= 15 is 0 Å². The summed E-state index contributed by atoms with van der Waals surface area (Å²) in [6, 6.07) is 5.76. The Balaban J connectivity index is 2.00. The normalized spacial score (nSPS) is 23.1. The molecular weight excluding hydrogens is 424 g/mol. The van der Waals surface area contributed by atoms with Crippen LogP contribution in [0.5, 0.6) is 11.5 Å². The third kappa shape index (κ3) is 3.57. The number of rotatable bonds is 1. The topological polar surface area (TPSA) is 54.0 Å². The van der Waals surface area contributed by atoms with Gasteiger partial charge in [-0.3, -0.25) is 4.79 Å². The molecule has 1 aromatic rings. The van der Waals surface area contributed by atoms with Gasteiger partial charge in [0.2, 0.25) is 0 Å². The Bertz CT molecular complexity index is 853. The molecule has 1 unspecified atom stereocenters. The molecule has 0 radical (unpaired) electrons. The molecule has 31 heavy (non-hydrogen) atoms. The van der Waals surface area contributed by atoms with Gasteiger partial charge in [0, 0.05) is 20.2 Å².